The van der Waals surface area contributed by atoms with Crippen LogP contribution in [0.5, 0.6) is 0 Å². The molecule has 1 aliphatic carbocycles. The van der Waals surface area contributed by atoms with Gasteiger partial charge in [-0.15, -0.1) is 11.3 Å². The first-order chi connectivity index (χ1) is 14.1. The summed E-state index contributed by atoms with van der Waals surface area (Å²) >= 11 is 1.70. The number of thiophene rings is 1. The fourth-order valence-corrected chi connectivity index (χ4v) is 5.48. The number of amides is 3. The lowest BCUT2D eigenvalue weighted by Crippen LogP contribution is -2.43. The summed E-state index contributed by atoms with van der Waals surface area (Å²) in [7, 11) is 0. The highest BCUT2D eigenvalue weighted by molar-refractivity contribution is 7.09. The van der Waals surface area contributed by atoms with Crippen LogP contribution in [0.3, 0.4) is 0 Å². The van der Waals surface area contributed by atoms with Crippen LogP contribution in [-0.4, -0.2) is 61.5 Å². The van der Waals surface area contributed by atoms with Gasteiger partial charge in [0, 0.05) is 49.1 Å². The summed E-state index contributed by atoms with van der Waals surface area (Å²) in [6.45, 7) is 2.53. The zero-order chi connectivity index (χ0) is 20.2. The lowest BCUT2D eigenvalue weighted by Gasteiger charge is -2.29. The Morgan fingerprint density at radius 1 is 1.24 bits per heavy atom. The van der Waals surface area contributed by atoms with Crippen LogP contribution >= 0.6 is 11.3 Å². The van der Waals surface area contributed by atoms with Crippen LogP contribution in [0, 0.1) is 17.8 Å². The molecule has 3 aliphatic rings. The summed E-state index contributed by atoms with van der Waals surface area (Å²) in [5.41, 5.74) is 0. The fourth-order valence-electron chi connectivity index (χ4n) is 4.77. The Balaban J connectivity index is 1.32. The molecule has 3 fully saturated rings. The van der Waals surface area contributed by atoms with E-state index in [0.29, 0.717) is 39.1 Å². The van der Waals surface area contributed by atoms with Crippen LogP contribution in [0.1, 0.15) is 30.6 Å². The van der Waals surface area contributed by atoms with Crippen molar-refractivity contribution in [2.45, 2.75) is 38.1 Å². The Hall–Kier alpha value is -1.93. The molecule has 0 aromatic carbocycles. The second-order valence-corrected chi connectivity index (χ2v) is 9.36. The average molecular weight is 420 g/mol. The maximum atomic E-state index is 12.9. The molecule has 0 radical (unpaired) electrons. The third-order valence-electron chi connectivity index (χ3n) is 6.33. The number of nitrogens with one attached hydrogen (secondary N) is 2. The lowest BCUT2D eigenvalue weighted by molar-refractivity contribution is -0.141. The standard InChI is InChI=1S/C21H29N3O4S/c25-19-13-24(21(27)14-4-7-28-8-5-14)12-16-10-15(11-18(16)23-19)20(26)22-6-3-17-2-1-9-29-17/h1-2,9,14-16,18H,3-8,10-13H2,(H,22,26)(H,23,25)/t15-,16+,18+/m0/s1. The van der Waals surface area contributed by atoms with Crippen molar-refractivity contribution in [1.82, 2.24) is 15.5 Å². The van der Waals surface area contributed by atoms with Gasteiger partial charge in [-0.3, -0.25) is 14.4 Å². The van der Waals surface area contributed by atoms with Crippen molar-refractivity contribution in [1.29, 1.82) is 0 Å². The summed E-state index contributed by atoms with van der Waals surface area (Å²) in [5, 5.41) is 8.14. The second-order valence-electron chi connectivity index (χ2n) is 8.33. The van der Waals surface area contributed by atoms with Crippen LogP contribution in [-0.2, 0) is 25.5 Å². The molecule has 29 heavy (non-hydrogen) atoms. The third kappa shape index (κ3) is 4.98. The number of ether oxygens (including phenoxy) is 1. The molecule has 158 valence electrons. The van der Waals surface area contributed by atoms with E-state index >= 15 is 0 Å². The molecule has 0 bridgehead atoms. The van der Waals surface area contributed by atoms with Crippen molar-refractivity contribution >= 4 is 29.1 Å². The second kappa shape index (κ2) is 9.26. The van der Waals surface area contributed by atoms with E-state index in [9.17, 15) is 14.4 Å². The van der Waals surface area contributed by atoms with Gasteiger partial charge in [-0.2, -0.15) is 0 Å². The quantitative estimate of drug-likeness (QED) is 0.750. The number of fused-ring (bicyclic) bond motifs is 1. The molecular formula is C21H29N3O4S. The summed E-state index contributed by atoms with van der Waals surface area (Å²) in [6, 6.07) is 4.06. The van der Waals surface area contributed by atoms with E-state index in [-0.39, 0.29) is 48.1 Å². The minimum absolute atomic E-state index is 0.0250. The molecule has 2 aliphatic heterocycles. The summed E-state index contributed by atoms with van der Waals surface area (Å²) in [6.07, 6.45) is 3.65. The highest BCUT2D eigenvalue weighted by atomic mass is 32.1. The van der Waals surface area contributed by atoms with E-state index in [1.165, 1.54) is 4.88 Å². The number of hydrogen-bond acceptors (Lipinski definition) is 5. The predicted molar refractivity (Wildman–Crippen MR) is 109 cm³/mol. The molecule has 0 unspecified atom stereocenters. The first-order valence-electron chi connectivity index (χ1n) is 10.6. The SMILES string of the molecule is O=C1CN(C(=O)C2CCOCC2)C[C@H]2C[C@H](C(=O)NCCc3cccs3)C[C@H]2N1. The Morgan fingerprint density at radius 3 is 2.83 bits per heavy atom. The van der Waals surface area contributed by atoms with Crippen LogP contribution in [0.2, 0.25) is 0 Å². The van der Waals surface area contributed by atoms with Crippen molar-refractivity contribution in [2.24, 2.45) is 17.8 Å². The van der Waals surface area contributed by atoms with Gasteiger partial charge in [0.1, 0.15) is 0 Å². The van der Waals surface area contributed by atoms with Gasteiger partial charge in [0.15, 0.2) is 0 Å². The Bertz CT molecular complexity index is 732. The maximum Gasteiger partial charge on any atom is 0.239 e. The zero-order valence-electron chi connectivity index (χ0n) is 16.6. The molecule has 4 rings (SSSR count). The van der Waals surface area contributed by atoms with Crippen molar-refractivity contribution in [2.75, 3.05) is 32.8 Å². The molecule has 1 aromatic rings. The zero-order valence-corrected chi connectivity index (χ0v) is 17.4. The predicted octanol–water partition coefficient (Wildman–Crippen LogP) is 1.19. The minimum atomic E-state index is -0.114. The van der Waals surface area contributed by atoms with E-state index in [1.54, 1.807) is 16.2 Å². The van der Waals surface area contributed by atoms with Crippen molar-refractivity contribution < 1.29 is 19.1 Å². The first kappa shape index (κ1) is 20.3. The van der Waals surface area contributed by atoms with Crippen molar-refractivity contribution in [3.63, 3.8) is 0 Å². The summed E-state index contributed by atoms with van der Waals surface area (Å²) in [4.78, 5) is 40.9. The van der Waals surface area contributed by atoms with Crippen molar-refractivity contribution in [3.05, 3.63) is 22.4 Å². The highest BCUT2D eigenvalue weighted by Gasteiger charge is 2.42. The largest absolute Gasteiger partial charge is 0.381 e. The number of rotatable bonds is 5. The Morgan fingerprint density at radius 2 is 2.07 bits per heavy atom. The lowest BCUT2D eigenvalue weighted by atomic mass is 9.97. The van der Waals surface area contributed by atoms with E-state index in [2.05, 4.69) is 16.7 Å². The van der Waals surface area contributed by atoms with Gasteiger partial charge < -0.3 is 20.3 Å². The normalized spacial score (nSPS) is 27.8. The minimum Gasteiger partial charge on any atom is -0.381 e. The molecule has 8 heteroatoms. The van der Waals surface area contributed by atoms with Gasteiger partial charge in [-0.1, -0.05) is 6.07 Å². The fraction of sp³-hybridized carbons (Fsp3) is 0.667. The highest BCUT2D eigenvalue weighted by Crippen LogP contribution is 2.34. The molecule has 3 atom stereocenters. The van der Waals surface area contributed by atoms with Crippen molar-refractivity contribution in [3.8, 4) is 0 Å². The number of carbonyl (C=O) groups excluding carboxylic acids is 3. The average Bonchev–Trinajstić information content (AvgIpc) is 3.35. The molecule has 2 N–H and O–H groups in total. The number of hydrogen-bond donors (Lipinski definition) is 2. The van der Waals surface area contributed by atoms with Crippen LogP contribution in [0.4, 0.5) is 0 Å². The maximum absolute atomic E-state index is 12.9. The molecular weight excluding hydrogens is 390 g/mol. The molecule has 3 heterocycles. The third-order valence-corrected chi connectivity index (χ3v) is 7.27. The van der Waals surface area contributed by atoms with Gasteiger partial charge in [0.05, 0.1) is 6.54 Å². The van der Waals surface area contributed by atoms with Crippen LogP contribution in [0.15, 0.2) is 17.5 Å². The van der Waals surface area contributed by atoms with Gasteiger partial charge in [-0.25, -0.2) is 0 Å². The number of carbonyl (C=O) groups is 3. The summed E-state index contributed by atoms with van der Waals surface area (Å²) in [5.74, 6) is -0.00768. The Labute approximate surface area is 175 Å². The van der Waals surface area contributed by atoms with E-state index in [1.807, 2.05) is 11.4 Å². The molecule has 3 amide bonds. The first-order valence-corrected chi connectivity index (χ1v) is 11.4. The smallest absolute Gasteiger partial charge is 0.239 e. The molecule has 7 nitrogen and oxygen atoms in total. The molecule has 2 saturated heterocycles. The summed E-state index contributed by atoms with van der Waals surface area (Å²) < 4.78 is 5.35. The van der Waals surface area contributed by atoms with Gasteiger partial charge in [0.2, 0.25) is 17.7 Å². The van der Waals surface area contributed by atoms with Crippen LogP contribution in [0.25, 0.3) is 0 Å². The topological polar surface area (TPSA) is 87.7 Å². The number of nitrogens with zero attached hydrogens (tertiary/aromatic N) is 1. The van der Waals surface area contributed by atoms with E-state index in [0.717, 1.165) is 19.3 Å². The monoisotopic (exact) mass is 419 g/mol. The molecule has 1 saturated carbocycles. The van der Waals surface area contributed by atoms with Gasteiger partial charge in [0.25, 0.3) is 0 Å². The van der Waals surface area contributed by atoms with Gasteiger partial charge >= 0.3 is 0 Å². The van der Waals surface area contributed by atoms with E-state index < -0.39 is 0 Å². The van der Waals surface area contributed by atoms with Gasteiger partial charge in [-0.05, 0) is 49.5 Å². The van der Waals surface area contributed by atoms with E-state index in [4.69, 9.17) is 4.74 Å². The van der Waals surface area contributed by atoms with Crippen LogP contribution < -0.4 is 10.6 Å². The molecule has 0 spiro atoms. The Kier molecular flexibility index (Phi) is 6.50. The molecule has 1 aromatic heterocycles.